The Labute approximate surface area is 172 Å². The monoisotopic (exact) mass is 393 g/mol. The minimum Gasteiger partial charge on any atom is -0.309 e. The lowest BCUT2D eigenvalue weighted by Crippen LogP contribution is -1.96. The van der Waals surface area contributed by atoms with Gasteiger partial charge in [0.1, 0.15) is 0 Å². The zero-order valence-electron chi connectivity index (χ0n) is 15.5. The predicted molar refractivity (Wildman–Crippen MR) is 120 cm³/mol. The smallest absolute Gasteiger partial charge is 0.0762 e. The van der Waals surface area contributed by atoms with Gasteiger partial charge in [0, 0.05) is 26.9 Å². The number of hydrogen-bond donors (Lipinski definition) is 0. The van der Waals surface area contributed by atoms with Crippen molar-refractivity contribution in [3.8, 4) is 11.4 Å². The Morgan fingerprint density at radius 1 is 0.586 bits per heavy atom. The van der Waals surface area contributed by atoms with Crippen LogP contribution >= 0.6 is 11.6 Å². The maximum Gasteiger partial charge on any atom is 0.0762 e. The molecule has 0 atom stereocenters. The van der Waals surface area contributed by atoms with Gasteiger partial charge in [0.25, 0.3) is 0 Å². The molecule has 0 saturated carbocycles. The van der Waals surface area contributed by atoms with E-state index in [1.165, 1.54) is 21.8 Å². The van der Waals surface area contributed by atoms with Crippen LogP contribution in [-0.2, 0) is 0 Å². The Morgan fingerprint density at radius 3 is 2.17 bits per heavy atom. The Hall–Kier alpha value is -3.56. The number of hydrogen-bond acceptors (Lipinski definition) is 1. The minimum atomic E-state index is 0.719. The van der Waals surface area contributed by atoms with Crippen molar-refractivity contribution in [1.29, 1.82) is 0 Å². The van der Waals surface area contributed by atoms with Gasteiger partial charge in [0.2, 0.25) is 0 Å². The van der Waals surface area contributed by atoms with Gasteiger partial charge in [-0.3, -0.25) is 0 Å². The molecule has 0 saturated heterocycles. The first-order valence-electron chi connectivity index (χ1n) is 9.52. The number of aromatic nitrogens is 3. The van der Waals surface area contributed by atoms with Gasteiger partial charge in [-0.1, -0.05) is 48.0 Å². The van der Waals surface area contributed by atoms with Crippen molar-refractivity contribution in [2.45, 2.75) is 0 Å². The maximum atomic E-state index is 6.07. The Bertz CT molecular complexity index is 1490. The molecule has 2 heterocycles. The molecule has 0 fully saturated rings. The van der Waals surface area contributed by atoms with Gasteiger partial charge in [-0.05, 0) is 54.6 Å². The quantitative estimate of drug-likeness (QED) is 0.318. The third-order valence-corrected chi connectivity index (χ3v) is 5.72. The highest BCUT2D eigenvalue weighted by atomic mass is 35.5. The van der Waals surface area contributed by atoms with Crippen molar-refractivity contribution in [1.82, 2.24) is 14.3 Å². The fourth-order valence-electron chi connectivity index (χ4n) is 4.20. The van der Waals surface area contributed by atoms with E-state index in [1.54, 1.807) is 0 Å². The molecular weight excluding hydrogens is 378 g/mol. The van der Waals surface area contributed by atoms with Crippen LogP contribution in [0.5, 0.6) is 0 Å². The molecule has 3 nitrogen and oxygen atoms in total. The van der Waals surface area contributed by atoms with E-state index < -0.39 is 0 Å². The molecule has 4 aromatic carbocycles. The van der Waals surface area contributed by atoms with Gasteiger partial charge in [-0.25, -0.2) is 4.68 Å². The zero-order valence-corrected chi connectivity index (χ0v) is 16.2. The standard InChI is InChI=1S/C25H16ClN3/c26-17-10-12-19(13-11-17)29-24-15-14-21-20-8-4-5-9-23(20)28(18-6-2-1-3-7-18)25(21)22(24)16-27-29/h1-16H. The lowest BCUT2D eigenvalue weighted by atomic mass is 10.1. The predicted octanol–water partition coefficient (Wildman–Crippen LogP) is 6.78. The highest BCUT2D eigenvalue weighted by molar-refractivity contribution is 6.30. The number of para-hydroxylation sites is 2. The summed E-state index contributed by atoms with van der Waals surface area (Å²) in [6.45, 7) is 0. The maximum absolute atomic E-state index is 6.07. The van der Waals surface area contributed by atoms with Gasteiger partial charge in [0.05, 0.1) is 28.4 Å². The largest absolute Gasteiger partial charge is 0.309 e. The van der Waals surface area contributed by atoms with Crippen molar-refractivity contribution >= 4 is 44.3 Å². The van der Waals surface area contributed by atoms with Crippen LogP contribution in [0.1, 0.15) is 0 Å². The van der Waals surface area contributed by atoms with Gasteiger partial charge in [0.15, 0.2) is 0 Å². The average molecular weight is 394 g/mol. The highest BCUT2D eigenvalue weighted by Gasteiger charge is 2.17. The summed E-state index contributed by atoms with van der Waals surface area (Å²) in [6, 6.07) is 31.2. The molecule has 4 heteroatoms. The summed E-state index contributed by atoms with van der Waals surface area (Å²) in [6.07, 6.45) is 1.96. The Morgan fingerprint density at radius 2 is 1.34 bits per heavy atom. The van der Waals surface area contributed by atoms with Gasteiger partial charge < -0.3 is 4.57 Å². The second-order valence-corrected chi connectivity index (χ2v) is 7.55. The minimum absolute atomic E-state index is 0.719. The molecule has 29 heavy (non-hydrogen) atoms. The molecule has 0 spiro atoms. The number of halogens is 1. The molecule has 0 N–H and O–H groups in total. The molecule has 6 rings (SSSR count). The van der Waals surface area contributed by atoms with E-state index in [0.717, 1.165) is 27.3 Å². The van der Waals surface area contributed by atoms with Crippen molar-refractivity contribution in [2.75, 3.05) is 0 Å². The highest BCUT2D eigenvalue weighted by Crippen LogP contribution is 2.36. The van der Waals surface area contributed by atoms with E-state index >= 15 is 0 Å². The number of nitrogens with zero attached hydrogens (tertiary/aromatic N) is 3. The van der Waals surface area contributed by atoms with Gasteiger partial charge in [-0.2, -0.15) is 5.10 Å². The summed E-state index contributed by atoms with van der Waals surface area (Å²) in [4.78, 5) is 0. The van der Waals surface area contributed by atoms with E-state index in [4.69, 9.17) is 16.7 Å². The van der Waals surface area contributed by atoms with Crippen molar-refractivity contribution in [2.24, 2.45) is 0 Å². The van der Waals surface area contributed by atoms with Crippen LogP contribution in [-0.4, -0.2) is 14.3 Å². The van der Waals surface area contributed by atoms with Crippen LogP contribution in [0.15, 0.2) is 97.2 Å². The second-order valence-electron chi connectivity index (χ2n) is 7.12. The number of rotatable bonds is 2. The molecule has 0 aliphatic heterocycles. The van der Waals surface area contributed by atoms with Crippen LogP contribution in [0.25, 0.3) is 44.1 Å². The molecule has 0 bridgehead atoms. The van der Waals surface area contributed by atoms with E-state index in [-0.39, 0.29) is 0 Å². The summed E-state index contributed by atoms with van der Waals surface area (Å²) >= 11 is 6.07. The summed E-state index contributed by atoms with van der Waals surface area (Å²) in [5.74, 6) is 0. The molecule has 0 radical (unpaired) electrons. The summed E-state index contributed by atoms with van der Waals surface area (Å²) < 4.78 is 4.30. The molecule has 0 aliphatic carbocycles. The lowest BCUT2D eigenvalue weighted by Gasteiger charge is -2.08. The average Bonchev–Trinajstić information content (AvgIpc) is 3.34. The summed E-state index contributed by atoms with van der Waals surface area (Å²) in [5.41, 5.74) is 5.58. The lowest BCUT2D eigenvalue weighted by molar-refractivity contribution is 0.911. The van der Waals surface area contributed by atoms with E-state index in [0.29, 0.717) is 0 Å². The van der Waals surface area contributed by atoms with E-state index in [9.17, 15) is 0 Å². The van der Waals surface area contributed by atoms with Crippen molar-refractivity contribution < 1.29 is 0 Å². The fourth-order valence-corrected chi connectivity index (χ4v) is 4.32. The first-order chi connectivity index (χ1) is 14.3. The first-order valence-corrected chi connectivity index (χ1v) is 9.90. The SMILES string of the molecule is Clc1ccc(-n2ncc3c2ccc2c4ccccc4n(-c4ccccc4)c23)cc1. The third-order valence-electron chi connectivity index (χ3n) is 5.47. The van der Waals surface area contributed by atoms with E-state index in [1.807, 2.05) is 41.2 Å². The molecule has 138 valence electrons. The van der Waals surface area contributed by atoms with E-state index in [2.05, 4.69) is 65.2 Å². The van der Waals surface area contributed by atoms with Crippen LogP contribution < -0.4 is 0 Å². The van der Waals surface area contributed by atoms with Crippen LogP contribution in [0.2, 0.25) is 5.02 Å². The van der Waals surface area contributed by atoms with Crippen molar-refractivity contribution in [3.05, 3.63) is 102 Å². The molecule has 0 unspecified atom stereocenters. The fraction of sp³-hybridized carbons (Fsp3) is 0. The normalized spacial score (nSPS) is 11.6. The Balaban J connectivity index is 1.75. The molecule has 2 aromatic heterocycles. The Kier molecular flexibility index (Phi) is 3.52. The van der Waals surface area contributed by atoms with Gasteiger partial charge in [-0.15, -0.1) is 0 Å². The van der Waals surface area contributed by atoms with Crippen molar-refractivity contribution in [3.63, 3.8) is 0 Å². The molecule has 6 aromatic rings. The summed E-state index contributed by atoms with van der Waals surface area (Å²) in [5, 5.41) is 9.02. The number of benzene rings is 4. The van der Waals surface area contributed by atoms with Gasteiger partial charge >= 0.3 is 0 Å². The van der Waals surface area contributed by atoms with Crippen LogP contribution in [0.3, 0.4) is 0 Å². The van der Waals surface area contributed by atoms with Crippen LogP contribution in [0.4, 0.5) is 0 Å². The zero-order chi connectivity index (χ0) is 19.4. The molecular formula is C25H16ClN3. The topological polar surface area (TPSA) is 22.8 Å². The van der Waals surface area contributed by atoms with Crippen LogP contribution in [0, 0.1) is 0 Å². The first kappa shape index (κ1) is 16.4. The third kappa shape index (κ3) is 2.41. The molecule has 0 amide bonds. The number of fused-ring (bicyclic) bond motifs is 5. The molecule has 0 aliphatic rings. The summed E-state index contributed by atoms with van der Waals surface area (Å²) in [7, 11) is 0. The second kappa shape index (κ2) is 6.23.